The van der Waals surface area contributed by atoms with Gasteiger partial charge in [-0.3, -0.25) is 4.79 Å². The second-order valence-electron chi connectivity index (χ2n) is 3.04. The quantitative estimate of drug-likeness (QED) is 0.619. The van der Waals surface area contributed by atoms with Gasteiger partial charge in [0.25, 0.3) is 0 Å². The lowest BCUT2D eigenvalue weighted by Gasteiger charge is -2.20. The zero-order chi connectivity index (χ0) is 8.27. The average molecular weight is 195 g/mol. The number of hydrogen-bond acceptors (Lipinski definition) is 1. The van der Waals surface area contributed by atoms with Crippen LogP contribution in [0, 0.1) is 5.92 Å². The zero-order valence-corrected chi connectivity index (χ0v) is 7.87. The van der Waals surface area contributed by atoms with Crippen LogP contribution in [0.1, 0.15) is 32.1 Å². The van der Waals surface area contributed by atoms with E-state index < -0.39 is 0 Å². The molecule has 0 N–H and O–H groups in total. The normalized spacial score (nSPS) is 26.1. The molecule has 0 saturated heterocycles. The topological polar surface area (TPSA) is 17.1 Å². The van der Waals surface area contributed by atoms with Crippen molar-refractivity contribution in [2.45, 2.75) is 36.9 Å². The Kier molecular flexibility index (Phi) is 3.67. The number of carbonyl (C=O) groups excluding carboxylic acids is 1. The summed E-state index contributed by atoms with van der Waals surface area (Å²) in [5.74, 6) is 0.492. The maximum Gasteiger partial charge on any atom is 0.136 e. The fourth-order valence-electron chi connectivity index (χ4n) is 1.52. The molecule has 1 unspecified atom stereocenters. The van der Waals surface area contributed by atoms with Gasteiger partial charge in [0.05, 0.1) is 0 Å². The van der Waals surface area contributed by atoms with Crippen molar-refractivity contribution in [2.75, 3.05) is 0 Å². The van der Waals surface area contributed by atoms with Crippen LogP contribution in [-0.2, 0) is 4.79 Å². The Hall–Kier alpha value is 0.250. The summed E-state index contributed by atoms with van der Waals surface area (Å²) in [5.41, 5.74) is 0. The summed E-state index contributed by atoms with van der Waals surface area (Å²) in [7, 11) is 0. The van der Waals surface area contributed by atoms with Crippen molar-refractivity contribution in [3.8, 4) is 0 Å². The molecular formula is C8H12Cl2O. The Balaban J connectivity index is 2.36. The Morgan fingerprint density at radius 2 is 2.18 bits per heavy atom. The van der Waals surface area contributed by atoms with Gasteiger partial charge in [0.1, 0.15) is 10.6 Å². The SMILES string of the molecule is O=C1CCCCC1CC(Cl)Cl. The first kappa shape index (κ1) is 9.34. The van der Waals surface area contributed by atoms with E-state index in [1.54, 1.807) is 0 Å². The summed E-state index contributed by atoms with van der Waals surface area (Å²) >= 11 is 11.2. The van der Waals surface area contributed by atoms with Gasteiger partial charge in [-0.1, -0.05) is 6.42 Å². The second-order valence-corrected chi connectivity index (χ2v) is 4.31. The number of ketones is 1. The summed E-state index contributed by atoms with van der Waals surface area (Å²) < 4.78 is 0. The Morgan fingerprint density at radius 3 is 2.73 bits per heavy atom. The Labute approximate surface area is 77.1 Å². The van der Waals surface area contributed by atoms with Crippen LogP contribution in [0.15, 0.2) is 0 Å². The molecule has 64 valence electrons. The third kappa shape index (κ3) is 3.00. The Morgan fingerprint density at radius 1 is 1.45 bits per heavy atom. The van der Waals surface area contributed by atoms with Crippen molar-refractivity contribution in [1.29, 1.82) is 0 Å². The molecule has 1 fully saturated rings. The third-order valence-corrected chi connectivity index (χ3v) is 2.50. The van der Waals surface area contributed by atoms with Gasteiger partial charge in [-0.2, -0.15) is 0 Å². The fraction of sp³-hybridized carbons (Fsp3) is 0.875. The molecule has 1 atom stereocenters. The van der Waals surface area contributed by atoms with E-state index in [1.165, 1.54) is 0 Å². The number of alkyl halides is 2. The molecule has 0 aromatic carbocycles. The Bertz CT molecular complexity index is 145. The van der Waals surface area contributed by atoms with Gasteiger partial charge >= 0.3 is 0 Å². The first-order valence-electron chi connectivity index (χ1n) is 4.01. The van der Waals surface area contributed by atoms with Crippen LogP contribution in [0.3, 0.4) is 0 Å². The van der Waals surface area contributed by atoms with Gasteiger partial charge in [0, 0.05) is 12.3 Å². The zero-order valence-electron chi connectivity index (χ0n) is 6.35. The number of Topliss-reactive ketones (excluding diaryl/α,β-unsaturated/α-hetero) is 1. The predicted octanol–water partition coefficient (Wildman–Crippen LogP) is 2.94. The molecule has 0 bridgehead atoms. The van der Waals surface area contributed by atoms with Gasteiger partial charge in [-0.25, -0.2) is 0 Å². The molecule has 0 heterocycles. The minimum Gasteiger partial charge on any atom is -0.299 e. The molecule has 1 aliphatic carbocycles. The molecule has 1 saturated carbocycles. The standard InChI is InChI=1S/C8H12Cl2O/c9-8(10)5-6-3-1-2-4-7(6)11/h6,8H,1-5H2. The lowest BCUT2D eigenvalue weighted by molar-refractivity contribution is -0.124. The molecule has 0 aromatic heterocycles. The van der Waals surface area contributed by atoms with Crippen LogP contribution in [0.2, 0.25) is 0 Å². The molecule has 0 amide bonds. The van der Waals surface area contributed by atoms with E-state index in [0.29, 0.717) is 12.2 Å². The minimum atomic E-state index is -0.373. The molecule has 0 radical (unpaired) electrons. The monoisotopic (exact) mass is 194 g/mol. The fourth-order valence-corrected chi connectivity index (χ4v) is 1.95. The minimum absolute atomic E-state index is 0.142. The molecule has 0 aromatic rings. The van der Waals surface area contributed by atoms with Crippen LogP contribution in [-0.4, -0.2) is 10.6 Å². The maximum atomic E-state index is 11.2. The summed E-state index contributed by atoms with van der Waals surface area (Å²) in [6.07, 6.45) is 4.54. The number of carbonyl (C=O) groups is 1. The molecule has 3 heteroatoms. The van der Waals surface area contributed by atoms with E-state index >= 15 is 0 Å². The van der Waals surface area contributed by atoms with Crippen molar-refractivity contribution >= 4 is 29.0 Å². The second kappa shape index (κ2) is 4.32. The highest BCUT2D eigenvalue weighted by molar-refractivity contribution is 6.44. The van der Waals surface area contributed by atoms with Gasteiger partial charge < -0.3 is 0 Å². The number of hydrogen-bond donors (Lipinski definition) is 0. The van der Waals surface area contributed by atoms with Crippen molar-refractivity contribution in [3.05, 3.63) is 0 Å². The van der Waals surface area contributed by atoms with Gasteiger partial charge in [-0.05, 0) is 19.3 Å². The molecule has 0 aliphatic heterocycles. The van der Waals surface area contributed by atoms with Gasteiger partial charge in [-0.15, -0.1) is 23.2 Å². The van der Waals surface area contributed by atoms with Crippen LogP contribution in [0.4, 0.5) is 0 Å². The van der Waals surface area contributed by atoms with Crippen LogP contribution in [0.5, 0.6) is 0 Å². The van der Waals surface area contributed by atoms with E-state index in [1.807, 2.05) is 0 Å². The summed E-state index contributed by atoms with van der Waals surface area (Å²) in [5, 5.41) is 0. The van der Waals surface area contributed by atoms with Crippen molar-refractivity contribution < 1.29 is 4.79 Å². The molecule has 11 heavy (non-hydrogen) atoms. The highest BCUT2D eigenvalue weighted by Crippen LogP contribution is 2.26. The average Bonchev–Trinajstić information content (AvgIpc) is 1.93. The van der Waals surface area contributed by atoms with Gasteiger partial charge in [0.2, 0.25) is 0 Å². The third-order valence-electron chi connectivity index (χ3n) is 2.14. The van der Waals surface area contributed by atoms with E-state index in [2.05, 4.69) is 0 Å². The lowest BCUT2D eigenvalue weighted by Crippen LogP contribution is -2.20. The largest absolute Gasteiger partial charge is 0.299 e. The summed E-state index contributed by atoms with van der Waals surface area (Å²) in [6.45, 7) is 0. The van der Waals surface area contributed by atoms with E-state index in [0.717, 1.165) is 25.7 Å². The van der Waals surface area contributed by atoms with Crippen molar-refractivity contribution in [2.24, 2.45) is 5.92 Å². The molecule has 0 spiro atoms. The van der Waals surface area contributed by atoms with Crippen LogP contribution in [0.25, 0.3) is 0 Å². The summed E-state index contributed by atoms with van der Waals surface area (Å²) in [4.78, 5) is 10.8. The van der Waals surface area contributed by atoms with Crippen LogP contribution >= 0.6 is 23.2 Å². The molecular weight excluding hydrogens is 183 g/mol. The van der Waals surface area contributed by atoms with E-state index in [4.69, 9.17) is 23.2 Å². The van der Waals surface area contributed by atoms with Gasteiger partial charge in [0.15, 0.2) is 0 Å². The predicted molar refractivity (Wildman–Crippen MR) is 47.1 cm³/mol. The first-order valence-corrected chi connectivity index (χ1v) is 4.88. The lowest BCUT2D eigenvalue weighted by atomic mass is 9.86. The van der Waals surface area contributed by atoms with Crippen molar-refractivity contribution in [1.82, 2.24) is 0 Å². The first-order chi connectivity index (χ1) is 5.20. The molecule has 1 aliphatic rings. The van der Waals surface area contributed by atoms with Crippen LogP contribution < -0.4 is 0 Å². The maximum absolute atomic E-state index is 11.2. The number of rotatable bonds is 2. The smallest absolute Gasteiger partial charge is 0.136 e. The van der Waals surface area contributed by atoms with E-state index in [-0.39, 0.29) is 10.8 Å². The highest BCUT2D eigenvalue weighted by Gasteiger charge is 2.23. The summed E-state index contributed by atoms with van der Waals surface area (Å²) in [6, 6.07) is 0. The highest BCUT2D eigenvalue weighted by atomic mass is 35.5. The van der Waals surface area contributed by atoms with E-state index in [9.17, 15) is 4.79 Å². The van der Waals surface area contributed by atoms with Crippen molar-refractivity contribution in [3.63, 3.8) is 0 Å². The number of halogens is 2. The molecule has 1 rings (SSSR count). The molecule has 1 nitrogen and oxygen atoms in total.